The molecule has 2 nitrogen and oxygen atoms in total. The van der Waals surface area contributed by atoms with Gasteiger partial charge in [-0.15, -0.1) is 0 Å². The highest BCUT2D eigenvalue weighted by atomic mass is 79.9. The molecule has 0 bridgehead atoms. The molecular formula is C13H19BrN2. The van der Waals surface area contributed by atoms with Gasteiger partial charge in [-0.05, 0) is 47.5 Å². The molecule has 2 aliphatic rings. The van der Waals surface area contributed by atoms with Crippen LogP contribution < -0.4 is 0 Å². The van der Waals surface area contributed by atoms with E-state index in [2.05, 4.69) is 27.4 Å². The maximum absolute atomic E-state index is 4.80. The fraction of sp³-hybridized carbons (Fsp3) is 0.769. The Bertz CT molecular complexity index is 391. The summed E-state index contributed by atoms with van der Waals surface area (Å²) in [6, 6.07) is 0. The first-order valence-corrected chi connectivity index (χ1v) is 7.32. The number of hydrogen-bond acceptors (Lipinski definition) is 1. The van der Waals surface area contributed by atoms with Gasteiger partial charge < -0.3 is 4.57 Å². The molecule has 88 valence electrons. The van der Waals surface area contributed by atoms with Gasteiger partial charge in [0.2, 0.25) is 0 Å². The van der Waals surface area contributed by atoms with E-state index < -0.39 is 0 Å². The summed E-state index contributed by atoms with van der Waals surface area (Å²) >= 11 is 3.66. The Hall–Kier alpha value is -0.310. The zero-order valence-electron chi connectivity index (χ0n) is 9.88. The number of halogens is 1. The molecule has 0 amide bonds. The Kier molecular flexibility index (Phi) is 2.82. The van der Waals surface area contributed by atoms with Crippen molar-refractivity contribution in [1.82, 2.24) is 9.55 Å². The standard InChI is InChI=1S/C13H19BrN2/c1-9-5-4-8-16-11(9)12(14)15-13(16)10-6-2-3-7-10/h9-10H,2-8H2,1H3. The van der Waals surface area contributed by atoms with Crippen molar-refractivity contribution in [3.8, 4) is 0 Å². The van der Waals surface area contributed by atoms with Gasteiger partial charge in [0.05, 0.1) is 5.69 Å². The van der Waals surface area contributed by atoms with Crippen LogP contribution in [0, 0.1) is 0 Å². The topological polar surface area (TPSA) is 17.8 Å². The van der Waals surface area contributed by atoms with Gasteiger partial charge in [-0.2, -0.15) is 0 Å². The molecule has 0 spiro atoms. The third-order valence-electron chi connectivity index (χ3n) is 4.20. The van der Waals surface area contributed by atoms with Crippen LogP contribution in [-0.4, -0.2) is 9.55 Å². The molecule has 3 rings (SSSR count). The van der Waals surface area contributed by atoms with Crippen molar-refractivity contribution >= 4 is 15.9 Å². The molecule has 0 aromatic carbocycles. The van der Waals surface area contributed by atoms with Crippen LogP contribution in [0.25, 0.3) is 0 Å². The lowest BCUT2D eigenvalue weighted by molar-refractivity contribution is 0.449. The maximum atomic E-state index is 4.80. The molecule has 1 aromatic heterocycles. The van der Waals surface area contributed by atoms with E-state index in [1.807, 2.05) is 0 Å². The van der Waals surface area contributed by atoms with E-state index in [9.17, 15) is 0 Å². The molecule has 1 aliphatic carbocycles. The van der Waals surface area contributed by atoms with Crippen LogP contribution in [0.4, 0.5) is 0 Å². The van der Waals surface area contributed by atoms with Crippen LogP contribution in [0.1, 0.15) is 68.8 Å². The summed E-state index contributed by atoms with van der Waals surface area (Å²) in [6.07, 6.45) is 8.10. The molecule has 1 atom stereocenters. The fourth-order valence-corrected chi connectivity index (χ4v) is 4.13. The second-order valence-electron chi connectivity index (χ2n) is 5.32. The van der Waals surface area contributed by atoms with E-state index in [0.717, 1.165) is 10.5 Å². The van der Waals surface area contributed by atoms with Crippen LogP contribution in [0.2, 0.25) is 0 Å². The number of imidazole rings is 1. The van der Waals surface area contributed by atoms with Crippen molar-refractivity contribution in [2.45, 2.75) is 63.8 Å². The summed E-state index contributed by atoms with van der Waals surface area (Å²) in [6.45, 7) is 3.51. The van der Waals surface area contributed by atoms with E-state index in [1.54, 1.807) is 0 Å². The Morgan fingerprint density at radius 2 is 1.94 bits per heavy atom. The average molecular weight is 283 g/mol. The first kappa shape index (κ1) is 10.8. The number of fused-ring (bicyclic) bond motifs is 1. The second kappa shape index (κ2) is 4.17. The molecule has 2 heterocycles. The molecule has 16 heavy (non-hydrogen) atoms. The Labute approximate surface area is 106 Å². The van der Waals surface area contributed by atoms with Crippen LogP contribution in [0.15, 0.2) is 4.60 Å². The molecule has 1 aliphatic heterocycles. The quantitative estimate of drug-likeness (QED) is 0.755. The predicted molar refractivity (Wildman–Crippen MR) is 68.8 cm³/mol. The highest BCUT2D eigenvalue weighted by Gasteiger charge is 2.29. The lowest BCUT2D eigenvalue weighted by Crippen LogP contribution is -2.16. The molecule has 1 saturated carbocycles. The van der Waals surface area contributed by atoms with Gasteiger partial charge in [-0.25, -0.2) is 4.98 Å². The summed E-state index contributed by atoms with van der Waals surface area (Å²) in [7, 11) is 0. The van der Waals surface area contributed by atoms with Gasteiger partial charge in [0, 0.05) is 12.5 Å². The molecule has 0 N–H and O–H groups in total. The van der Waals surface area contributed by atoms with Crippen LogP contribution in [0.3, 0.4) is 0 Å². The molecule has 3 heteroatoms. The molecule has 0 radical (unpaired) electrons. The first-order chi connectivity index (χ1) is 7.77. The molecule has 1 fully saturated rings. The Morgan fingerprint density at radius 3 is 2.69 bits per heavy atom. The Balaban J connectivity index is 2.02. The highest BCUT2D eigenvalue weighted by molar-refractivity contribution is 9.10. The minimum atomic E-state index is 0.672. The van der Waals surface area contributed by atoms with E-state index in [-0.39, 0.29) is 0 Å². The van der Waals surface area contributed by atoms with E-state index in [1.165, 1.54) is 56.6 Å². The summed E-state index contributed by atoms with van der Waals surface area (Å²) in [5, 5.41) is 0. The summed E-state index contributed by atoms with van der Waals surface area (Å²) in [4.78, 5) is 4.80. The molecule has 1 unspecified atom stereocenters. The van der Waals surface area contributed by atoms with Gasteiger partial charge in [-0.1, -0.05) is 19.8 Å². The minimum Gasteiger partial charge on any atom is -0.330 e. The van der Waals surface area contributed by atoms with Crippen LogP contribution >= 0.6 is 15.9 Å². The van der Waals surface area contributed by atoms with Crippen molar-refractivity contribution in [3.05, 3.63) is 16.1 Å². The van der Waals surface area contributed by atoms with Crippen molar-refractivity contribution in [3.63, 3.8) is 0 Å². The normalized spacial score (nSPS) is 26.0. The van der Waals surface area contributed by atoms with Crippen molar-refractivity contribution < 1.29 is 0 Å². The van der Waals surface area contributed by atoms with Crippen molar-refractivity contribution in [1.29, 1.82) is 0 Å². The van der Waals surface area contributed by atoms with Crippen molar-refractivity contribution in [2.75, 3.05) is 0 Å². The molecular weight excluding hydrogens is 264 g/mol. The number of rotatable bonds is 1. The third kappa shape index (κ3) is 1.64. The van der Waals surface area contributed by atoms with E-state index >= 15 is 0 Å². The third-order valence-corrected chi connectivity index (χ3v) is 4.78. The van der Waals surface area contributed by atoms with Gasteiger partial charge in [0.25, 0.3) is 0 Å². The van der Waals surface area contributed by atoms with E-state index in [4.69, 9.17) is 4.98 Å². The monoisotopic (exact) mass is 282 g/mol. The predicted octanol–water partition coefficient (Wildman–Crippen LogP) is 4.20. The maximum Gasteiger partial charge on any atom is 0.127 e. The van der Waals surface area contributed by atoms with Crippen LogP contribution in [0.5, 0.6) is 0 Å². The van der Waals surface area contributed by atoms with Gasteiger partial charge in [-0.3, -0.25) is 0 Å². The second-order valence-corrected chi connectivity index (χ2v) is 6.07. The lowest BCUT2D eigenvalue weighted by Gasteiger charge is -2.24. The van der Waals surface area contributed by atoms with E-state index in [0.29, 0.717) is 5.92 Å². The summed E-state index contributed by atoms with van der Waals surface area (Å²) in [5.41, 5.74) is 1.45. The van der Waals surface area contributed by atoms with Gasteiger partial charge in [0.15, 0.2) is 0 Å². The number of nitrogens with zero attached hydrogens (tertiary/aromatic N) is 2. The van der Waals surface area contributed by atoms with Gasteiger partial charge >= 0.3 is 0 Å². The highest BCUT2D eigenvalue weighted by Crippen LogP contribution is 2.39. The zero-order valence-corrected chi connectivity index (χ0v) is 11.5. The lowest BCUT2D eigenvalue weighted by atomic mass is 9.98. The number of hydrogen-bond donors (Lipinski definition) is 0. The van der Waals surface area contributed by atoms with Crippen LogP contribution in [-0.2, 0) is 6.54 Å². The average Bonchev–Trinajstić information content (AvgIpc) is 2.86. The zero-order chi connectivity index (χ0) is 11.1. The molecule has 1 aromatic rings. The molecule has 0 saturated heterocycles. The summed E-state index contributed by atoms with van der Waals surface area (Å²) < 4.78 is 3.62. The Morgan fingerprint density at radius 1 is 1.19 bits per heavy atom. The van der Waals surface area contributed by atoms with Crippen molar-refractivity contribution in [2.24, 2.45) is 0 Å². The largest absolute Gasteiger partial charge is 0.330 e. The minimum absolute atomic E-state index is 0.672. The first-order valence-electron chi connectivity index (χ1n) is 6.53. The van der Waals surface area contributed by atoms with Gasteiger partial charge in [0.1, 0.15) is 10.4 Å². The number of aromatic nitrogens is 2. The smallest absolute Gasteiger partial charge is 0.127 e. The SMILES string of the molecule is CC1CCCn2c(C3CCCC3)nc(Br)c21. The fourth-order valence-electron chi connectivity index (χ4n) is 3.35. The summed E-state index contributed by atoms with van der Waals surface area (Å²) in [5.74, 6) is 2.77.